The minimum absolute atomic E-state index is 0.185. The van der Waals surface area contributed by atoms with Crippen LogP contribution in [0.5, 0.6) is 0 Å². The van der Waals surface area contributed by atoms with Gasteiger partial charge in [-0.2, -0.15) is 0 Å². The lowest BCUT2D eigenvalue weighted by atomic mass is 10.2. The fraction of sp³-hybridized carbons (Fsp3) is 0.400. The number of hydrogen-bond donors (Lipinski definition) is 0. The summed E-state index contributed by atoms with van der Waals surface area (Å²) >= 11 is 9.62. The zero-order chi connectivity index (χ0) is 9.52. The van der Waals surface area contributed by atoms with Gasteiger partial charge in [0.05, 0.1) is 0 Å². The second kappa shape index (κ2) is 6.63. The average Bonchev–Trinajstić information content (AvgIpc) is 2.17. The van der Waals surface area contributed by atoms with Gasteiger partial charge in [-0.05, 0) is 11.3 Å². The van der Waals surface area contributed by atoms with Crippen LogP contribution in [0.1, 0.15) is 12.5 Å². The molecule has 0 radical (unpaired) electrons. The Morgan fingerprint density at radius 3 is 2.54 bits per heavy atom. The lowest BCUT2D eigenvalue weighted by Gasteiger charge is -2.06. The molecule has 1 aromatic rings. The predicted molar refractivity (Wildman–Crippen MR) is 65.5 cm³/mol. The highest BCUT2D eigenvalue weighted by atomic mass is 35.5. The highest BCUT2D eigenvalue weighted by Gasteiger charge is 2.03. The fourth-order valence-corrected chi connectivity index (χ4v) is 3.26. The first-order valence-corrected chi connectivity index (χ1v) is 6.77. The van der Waals surface area contributed by atoms with Crippen molar-refractivity contribution < 1.29 is 0 Å². The van der Waals surface area contributed by atoms with E-state index in [1.165, 1.54) is 5.56 Å². The van der Waals surface area contributed by atoms with Crippen molar-refractivity contribution in [1.82, 2.24) is 0 Å². The van der Waals surface area contributed by atoms with Gasteiger partial charge in [0.1, 0.15) is 4.04 Å². The van der Waals surface area contributed by atoms with Crippen LogP contribution >= 0.6 is 35.1 Å². The van der Waals surface area contributed by atoms with Crippen molar-refractivity contribution in [3.63, 3.8) is 0 Å². The number of halogens is 1. The second-order valence-corrected chi connectivity index (χ2v) is 6.25. The van der Waals surface area contributed by atoms with E-state index in [4.69, 9.17) is 11.6 Å². The fourth-order valence-electron chi connectivity index (χ4n) is 0.915. The van der Waals surface area contributed by atoms with Gasteiger partial charge in [0.25, 0.3) is 0 Å². The lowest BCUT2D eigenvalue weighted by Crippen LogP contribution is -1.87. The van der Waals surface area contributed by atoms with Crippen LogP contribution in [0.2, 0.25) is 0 Å². The van der Waals surface area contributed by atoms with Gasteiger partial charge in [0.15, 0.2) is 0 Å². The van der Waals surface area contributed by atoms with Gasteiger partial charge in [-0.15, -0.1) is 23.5 Å². The quantitative estimate of drug-likeness (QED) is 0.552. The highest BCUT2D eigenvalue weighted by Crippen LogP contribution is 2.29. The molecule has 0 bridgehead atoms. The van der Waals surface area contributed by atoms with E-state index in [-0.39, 0.29) is 4.04 Å². The summed E-state index contributed by atoms with van der Waals surface area (Å²) in [5, 5.41) is 0. The second-order valence-electron chi connectivity index (χ2n) is 2.53. The number of alkyl halides is 1. The summed E-state index contributed by atoms with van der Waals surface area (Å²) in [6.07, 6.45) is 0. The van der Waals surface area contributed by atoms with Crippen LogP contribution in [-0.4, -0.2) is 9.79 Å². The van der Waals surface area contributed by atoms with Crippen molar-refractivity contribution in [2.75, 3.05) is 5.75 Å². The van der Waals surface area contributed by atoms with Crippen LogP contribution in [0.4, 0.5) is 0 Å². The van der Waals surface area contributed by atoms with E-state index in [0.29, 0.717) is 0 Å². The van der Waals surface area contributed by atoms with Gasteiger partial charge in [0, 0.05) is 5.75 Å². The summed E-state index contributed by atoms with van der Waals surface area (Å²) in [5.74, 6) is 2.08. The Bertz CT molecular complexity index is 226. The van der Waals surface area contributed by atoms with Crippen molar-refractivity contribution >= 4 is 35.1 Å². The molecule has 3 heteroatoms. The molecule has 0 saturated heterocycles. The van der Waals surface area contributed by atoms with Crippen LogP contribution in [0, 0.1) is 0 Å². The largest absolute Gasteiger partial charge is 0.132 e. The molecular formula is C10H13ClS2. The molecule has 1 atom stereocenters. The number of hydrogen-bond acceptors (Lipinski definition) is 2. The van der Waals surface area contributed by atoms with Gasteiger partial charge in [-0.3, -0.25) is 0 Å². The standard InChI is InChI=1S/C10H13ClS2/c1-2-12-10(11)13-8-9-6-4-3-5-7-9/h3-7,10H,2,8H2,1H3. The monoisotopic (exact) mass is 232 g/mol. The van der Waals surface area contributed by atoms with E-state index < -0.39 is 0 Å². The molecule has 0 aliphatic rings. The maximum absolute atomic E-state index is 6.06. The molecule has 1 unspecified atom stereocenters. The van der Waals surface area contributed by atoms with Gasteiger partial charge in [-0.1, -0.05) is 48.9 Å². The summed E-state index contributed by atoms with van der Waals surface area (Å²) in [6.45, 7) is 2.13. The normalized spacial score (nSPS) is 12.8. The summed E-state index contributed by atoms with van der Waals surface area (Å²) in [7, 11) is 0. The molecule has 0 fully saturated rings. The predicted octanol–water partition coefficient (Wildman–Crippen LogP) is 4.20. The van der Waals surface area contributed by atoms with E-state index in [0.717, 1.165) is 11.5 Å². The highest BCUT2D eigenvalue weighted by molar-refractivity contribution is 8.18. The van der Waals surface area contributed by atoms with Crippen molar-refractivity contribution in [2.24, 2.45) is 0 Å². The Hall–Kier alpha value is 0.210. The third-order valence-electron chi connectivity index (χ3n) is 1.52. The molecule has 0 heterocycles. The van der Waals surface area contributed by atoms with Crippen molar-refractivity contribution in [3.8, 4) is 0 Å². The summed E-state index contributed by atoms with van der Waals surface area (Å²) in [5.41, 5.74) is 1.34. The Balaban J connectivity index is 2.27. The molecule has 0 nitrogen and oxygen atoms in total. The topological polar surface area (TPSA) is 0 Å². The minimum atomic E-state index is 0.185. The molecular weight excluding hydrogens is 220 g/mol. The first-order chi connectivity index (χ1) is 6.33. The van der Waals surface area contributed by atoms with Crippen molar-refractivity contribution in [3.05, 3.63) is 35.9 Å². The average molecular weight is 233 g/mol. The van der Waals surface area contributed by atoms with Crippen molar-refractivity contribution in [1.29, 1.82) is 0 Å². The Morgan fingerprint density at radius 2 is 1.92 bits per heavy atom. The number of thioether (sulfide) groups is 2. The zero-order valence-electron chi connectivity index (χ0n) is 7.57. The molecule has 0 aliphatic heterocycles. The van der Waals surface area contributed by atoms with Gasteiger partial charge in [0.2, 0.25) is 0 Å². The summed E-state index contributed by atoms with van der Waals surface area (Å²) in [6, 6.07) is 10.4. The van der Waals surface area contributed by atoms with E-state index in [1.807, 2.05) is 6.07 Å². The Morgan fingerprint density at radius 1 is 1.23 bits per heavy atom. The maximum atomic E-state index is 6.06. The van der Waals surface area contributed by atoms with Gasteiger partial charge >= 0.3 is 0 Å². The molecule has 0 saturated carbocycles. The van der Waals surface area contributed by atoms with E-state index in [1.54, 1.807) is 23.5 Å². The van der Waals surface area contributed by atoms with Crippen LogP contribution in [0.15, 0.2) is 30.3 Å². The molecule has 0 amide bonds. The third-order valence-corrected chi connectivity index (χ3v) is 4.45. The van der Waals surface area contributed by atoms with Gasteiger partial charge in [-0.25, -0.2) is 0 Å². The lowest BCUT2D eigenvalue weighted by molar-refractivity contribution is 1.41. The molecule has 1 rings (SSSR count). The zero-order valence-corrected chi connectivity index (χ0v) is 9.96. The smallest absolute Gasteiger partial charge is 0.125 e. The van der Waals surface area contributed by atoms with Crippen LogP contribution in [-0.2, 0) is 5.75 Å². The molecule has 0 aliphatic carbocycles. The summed E-state index contributed by atoms with van der Waals surface area (Å²) < 4.78 is 0.185. The molecule has 0 spiro atoms. The van der Waals surface area contributed by atoms with E-state index >= 15 is 0 Å². The SMILES string of the molecule is CCSC(Cl)SCc1ccccc1. The molecule has 0 aromatic heterocycles. The molecule has 0 N–H and O–H groups in total. The molecule has 72 valence electrons. The minimum Gasteiger partial charge on any atom is -0.132 e. The number of benzene rings is 1. The van der Waals surface area contributed by atoms with E-state index in [2.05, 4.69) is 31.2 Å². The first kappa shape index (κ1) is 11.3. The first-order valence-electron chi connectivity index (χ1n) is 4.24. The van der Waals surface area contributed by atoms with Crippen LogP contribution in [0.25, 0.3) is 0 Å². The summed E-state index contributed by atoms with van der Waals surface area (Å²) in [4.78, 5) is 0. The number of rotatable bonds is 5. The van der Waals surface area contributed by atoms with Crippen LogP contribution in [0.3, 0.4) is 0 Å². The Kier molecular flexibility index (Phi) is 5.76. The van der Waals surface area contributed by atoms with Gasteiger partial charge < -0.3 is 0 Å². The van der Waals surface area contributed by atoms with Crippen LogP contribution < -0.4 is 0 Å². The molecule has 1 aromatic carbocycles. The maximum Gasteiger partial charge on any atom is 0.125 e. The Labute approximate surface area is 93.4 Å². The third kappa shape index (κ3) is 4.84. The molecule has 13 heavy (non-hydrogen) atoms. The van der Waals surface area contributed by atoms with E-state index in [9.17, 15) is 0 Å². The van der Waals surface area contributed by atoms with Crippen molar-refractivity contribution in [2.45, 2.75) is 16.7 Å².